The highest BCUT2D eigenvalue weighted by Gasteiger charge is 2.26. The lowest BCUT2D eigenvalue weighted by Gasteiger charge is -2.22. The second-order valence-electron chi connectivity index (χ2n) is 18.3. The summed E-state index contributed by atoms with van der Waals surface area (Å²) in [5.74, 6) is 0. The van der Waals surface area contributed by atoms with Gasteiger partial charge >= 0.3 is 0 Å². The van der Waals surface area contributed by atoms with E-state index in [0.29, 0.717) is 50.3 Å². The number of nitriles is 7. The molecule has 9 heteroatoms. The van der Waals surface area contributed by atoms with Crippen LogP contribution >= 0.6 is 0 Å². The van der Waals surface area contributed by atoms with E-state index in [1.807, 2.05) is 158 Å². The van der Waals surface area contributed by atoms with Crippen molar-refractivity contribution in [3.05, 3.63) is 239 Å². The van der Waals surface area contributed by atoms with E-state index in [-0.39, 0.29) is 11.1 Å². The van der Waals surface area contributed by atoms with Crippen LogP contribution in [0, 0.1) is 79.3 Å². The van der Waals surface area contributed by atoms with Gasteiger partial charge in [-0.1, -0.05) is 121 Å². The molecule has 0 amide bonds. The fraction of sp³-hybridized carbons (Fsp3) is 0. The number of fused-ring (bicyclic) bond motifs is 6. The minimum Gasteiger partial charge on any atom is -0.308 e. The van der Waals surface area contributed by atoms with Gasteiger partial charge < -0.3 is 9.13 Å². The van der Waals surface area contributed by atoms with Crippen LogP contribution in [0.3, 0.4) is 0 Å². The first-order valence-corrected chi connectivity index (χ1v) is 24.1. The van der Waals surface area contributed by atoms with Crippen molar-refractivity contribution in [3.8, 4) is 109 Å². The van der Waals surface area contributed by atoms with Crippen LogP contribution in [0.4, 0.5) is 0 Å². The molecule has 0 saturated heterocycles. The number of aromatic nitrogens is 2. The summed E-state index contributed by atoms with van der Waals surface area (Å²) >= 11 is 0. The van der Waals surface area contributed by atoms with Crippen LogP contribution in [0.25, 0.3) is 111 Å². The summed E-state index contributed by atoms with van der Waals surface area (Å²) in [5, 5.41) is 77.3. The van der Waals surface area contributed by atoms with Crippen LogP contribution in [-0.4, -0.2) is 9.13 Å². The van der Waals surface area contributed by atoms with Crippen molar-refractivity contribution < 1.29 is 0 Å². The molecule has 0 spiro atoms. The topological polar surface area (TPSA) is 176 Å². The van der Waals surface area contributed by atoms with Crippen LogP contribution in [0.1, 0.15) is 38.9 Å². The van der Waals surface area contributed by atoms with Crippen molar-refractivity contribution in [2.24, 2.45) is 0 Å². The quantitative estimate of drug-likeness (QED) is 0.153. The van der Waals surface area contributed by atoms with Crippen molar-refractivity contribution in [1.82, 2.24) is 9.13 Å². The SMILES string of the molecule is N#Cc1cc(C#N)cc(-c2c(-n3c4cc(-c5ccccc5C#N)ccc4c4ccc(-c5ccccc5C#N)cc43)cc(C#N)cc2-n2c3cc(-c4ccccc4C#N)ccc3c3ccc(-c4ccccc4C#N)cc32)c1. The van der Waals surface area contributed by atoms with E-state index >= 15 is 0 Å². The van der Waals surface area contributed by atoms with Gasteiger partial charge in [-0.2, -0.15) is 36.8 Å². The lowest BCUT2D eigenvalue weighted by molar-refractivity contribution is 1.13. The third kappa shape index (κ3) is 7.34. The minimum atomic E-state index is 0.247. The van der Waals surface area contributed by atoms with E-state index in [9.17, 15) is 36.8 Å². The highest BCUT2D eigenvalue weighted by molar-refractivity contribution is 6.14. The highest BCUT2D eigenvalue weighted by atomic mass is 15.0. The molecule has 9 nitrogen and oxygen atoms in total. The molecule has 0 unspecified atom stereocenters. The Morgan fingerprint density at radius 2 is 0.526 bits per heavy atom. The molecule has 0 atom stereocenters. The summed E-state index contributed by atoms with van der Waals surface area (Å²) in [5.41, 5.74) is 13.9. The maximum absolute atomic E-state index is 11.3. The third-order valence-electron chi connectivity index (χ3n) is 14.2. The van der Waals surface area contributed by atoms with Gasteiger partial charge in [0.1, 0.15) is 0 Å². The van der Waals surface area contributed by atoms with Crippen LogP contribution in [0.15, 0.2) is 200 Å². The van der Waals surface area contributed by atoms with Gasteiger partial charge in [-0.3, -0.25) is 0 Å². The maximum Gasteiger partial charge on any atom is 0.0998 e. The molecule has 0 aliphatic carbocycles. The summed E-state index contributed by atoms with van der Waals surface area (Å²) in [7, 11) is 0. The Morgan fingerprint density at radius 1 is 0.250 bits per heavy atom. The van der Waals surface area contributed by atoms with Crippen LogP contribution < -0.4 is 0 Å². The summed E-state index contributed by atoms with van der Waals surface area (Å²) in [4.78, 5) is 0. The maximum atomic E-state index is 11.3. The molecule has 0 radical (unpaired) electrons. The van der Waals surface area contributed by atoms with Gasteiger partial charge in [-0.25, -0.2) is 0 Å². The molecule has 10 aromatic carbocycles. The first-order chi connectivity index (χ1) is 37.4. The van der Waals surface area contributed by atoms with Crippen LogP contribution in [0.2, 0.25) is 0 Å². The highest BCUT2D eigenvalue weighted by Crippen LogP contribution is 2.46. The Labute approximate surface area is 436 Å². The third-order valence-corrected chi connectivity index (χ3v) is 14.2. The first kappa shape index (κ1) is 45.4. The molecule has 346 valence electrons. The largest absolute Gasteiger partial charge is 0.308 e. The molecule has 0 aliphatic rings. The van der Waals surface area contributed by atoms with Gasteiger partial charge in [0.15, 0.2) is 0 Å². The predicted octanol–water partition coefficient (Wildman–Crippen LogP) is 15.3. The second-order valence-corrected chi connectivity index (χ2v) is 18.3. The molecule has 76 heavy (non-hydrogen) atoms. The molecule has 0 aliphatic heterocycles. The summed E-state index contributed by atoms with van der Waals surface area (Å²) in [6.45, 7) is 0. The minimum absolute atomic E-state index is 0.247. The molecule has 2 heterocycles. The lowest BCUT2D eigenvalue weighted by Crippen LogP contribution is -2.06. The lowest BCUT2D eigenvalue weighted by atomic mass is 9.94. The van der Waals surface area contributed by atoms with Gasteiger partial charge in [-0.15, -0.1) is 0 Å². The molecule has 0 bridgehead atoms. The van der Waals surface area contributed by atoms with E-state index in [1.54, 1.807) is 42.5 Å². The van der Waals surface area contributed by atoms with Gasteiger partial charge in [0.05, 0.1) is 115 Å². The van der Waals surface area contributed by atoms with E-state index in [2.05, 4.69) is 51.6 Å². The average Bonchev–Trinajstić information content (AvgIpc) is 3.99. The Morgan fingerprint density at radius 3 is 0.803 bits per heavy atom. The number of hydrogen-bond acceptors (Lipinski definition) is 7. The van der Waals surface area contributed by atoms with Crippen LogP contribution in [0.5, 0.6) is 0 Å². The smallest absolute Gasteiger partial charge is 0.0998 e. The monoisotopic (exact) mass is 963 g/mol. The number of rotatable bonds is 7. The van der Waals surface area contributed by atoms with Crippen molar-refractivity contribution in [3.63, 3.8) is 0 Å². The van der Waals surface area contributed by atoms with E-state index in [0.717, 1.165) is 88.1 Å². The number of benzene rings is 10. The molecule has 0 saturated carbocycles. The van der Waals surface area contributed by atoms with E-state index < -0.39 is 0 Å². The molecular formula is C67H33N9. The Kier molecular flexibility index (Phi) is 11.0. The fourth-order valence-corrected chi connectivity index (χ4v) is 10.8. The van der Waals surface area contributed by atoms with Crippen molar-refractivity contribution in [2.75, 3.05) is 0 Å². The van der Waals surface area contributed by atoms with Crippen molar-refractivity contribution >= 4 is 43.6 Å². The van der Waals surface area contributed by atoms with Gasteiger partial charge in [0.25, 0.3) is 0 Å². The summed E-state index contributed by atoms with van der Waals surface area (Å²) in [6.07, 6.45) is 0. The van der Waals surface area contributed by atoms with E-state index in [4.69, 9.17) is 0 Å². The first-order valence-electron chi connectivity index (χ1n) is 24.1. The van der Waals surface area contributed by atoms with Gasteiger partial charge in [0, 0.05) is 27.1 Å². The van der Waals surface area contributed by atoms with Crippen molar-refractivity contribution in [1.29, 1.82) is 36.8 Å². The van der Waals surface area contributed by atoms with Crippen LogP contribution in [-0.2, 0) is 0 Å². The Hall–Kier alpha value is -11.8. The normalized spacial score (nSPS) is 10.8. The number of nitrogens with zero attached hydrogens (tertiary/aromatic N) is 9. The summed E-state index contributed by atoms with van der Waals surface area (Å²) < 4.78 is 4.20. The molecule has 12 aromatic rings. The molecule has 0 fully saturated rings. The molecular weight excluding hydrogens is 931 g/mol. The summed E-state index contributed by atoms with van der Waals surface area (Å²) in [6, 6.07) is 79.1. The predicted molar refractivity (Wildman–Crippen MR) is 295 cm³/mol. The zero-order chi connectivity index (χ0) is 52.0. The zero-order valence-corrected chi connectivity index (χ0v) is 40.1. The Bertz CT molecular complexity index is 4290. The molecule has 2 aromatic heterocycles. The number of hydrogen-bond donors (Lipinski definition) is 0. The zero-order valence-electron chi connectivity index (χ0n) is 40.1. The average molecular weight is 964 g/mol. The fourth-order valence-electron chi connectivity index (χ4n) is 10.8. The second kappa shape index (κ2) is 18.4. The van der Waals surface area contributed by atoms with Crippen molar-refractivity contribution in [2.45, 2.75) is 0 Å². The molecule has 0 N–H and O–H groups in total. The van der Waals surface area contributed by atoms with Gasteiger partial charge in [-0.05, 0) is 129 Å². The van der Waals surface area contributed by atoms with Gasteiger partial charge in [0.2, 0.25) is 0 Å². The Balaban J connectivity index is 1.29. The van der Waals surface area contributed by atoms with E-state index in [1.165, 1.54) is 0 Å². The molecule has 12 rings (SSSR count). The standard InChI is InChI=1S/C67H33N9/c68-34-41-25-42(35-69)27-52(26-41)67-65(75-61-30-44(53-13-5-1-9-48(53)37-71)17-21-57(61)58-22-18-45(31-62(58)75)54-14-6-2-10-49(54)38-72)28-43(36-70)29-66(67)76-63-32-46(55-15-7-3-11-50(55)39-73)19-23-59(63)60-24-20-47(33-64(60)76)56-16-8-4-12-51(56)40-74/h1-33H.